The largest absolute Gasteiger partial charge is 0.335 e. The number of para-hydroxylation sites is 1. The summed E-state index contributed by atoms with van der Waals surface area (Å²) in [4.78, 5) is 51.7. The van der Waals surface area contributed by atoms with Crippen LogP contribution in [0.3, 0.4) is 0 Å². The first-order valence-corrected chi connectivity index (χ1v) is 9.40. The highest BCUT2D eigenvalue weighted by Gasteiger charge is 2.48. The Bertz CT molecular complexity index is 758. The van der Waals surface area contributed by atoms with Crippen molar-refractivity contribution in [3.63, 3.8) is 0 Å². The molecule has 8 heteroatoms. The maximum Gasteiger partial charge on any atom is 0.244 e. The predicted octanol–water partition coefficient (Wildman–Crippen LogP) is 1.91. The van der Waals surface area contributed by atoms with Gasteiger partial charge in [0, 0.05) is 7.05 Å². The van der Waals surface area contributed by atoms with Gasteiger partial charge >= 0.3 is 0 Å². The van der Waals surface area contributed by atoms with Crippen molar-refractivity contribution in [3.05, 3.63) is 29.3 Å². The third-order valence-corrected chi connectivity index (χ3v) is 5.51. The van der Waals surface area contributed by atoms with E-state index in [1.54, 1.807) is 24.3 Å². The Morgan fingerprint density at radius 1 is 1.15 bits per heavy atom. The highest BCUT2D eigenvalue weighted by Crippen LogP contribution is 2.37. The number of halogens is 1. The molecule has 144 valence electrons. The first-order valence-electron chi connectivity index (χ1n) is 9.02. The second kappa shape index (κ2) is 8.08. The molecule has 0 spiro atoms. The second-order valence-corrected chi connectivity index (χ2v) is 7.45. The zero-order valence-corrected chi connectivity index (χ0v) is 15.9. The topological polar surface area (TPSA) is 86.8 Å². The fraction of sp³-hybridized carbons (Fsp3) is 0.474. The van der Waals surface area contributed by atoms with Gasteiger partial charge in [0.25, 0.3) is 0 Å². The van der Waals surface area contributed by atoms with Gasteiger partial charge in [0.15, 0.2) is 0 Å². The predicted molar refractivity (Wildman–Crippen MR) is 99.9 cm³/mol. The number of hydrogen-bond donors (Lipinski definition) is 1. The average molecular weight is 392 g/mol. The smallest absolute Gasteiger partial charge is 0.244 e. The van der Waals surface area contributed by atoms with Gasteiger partial charge in [-0.2, -0.15) is 0 Å². The molecule has 0 aromatic heterocycles. The minimum atomic E-state index is -0.454. The van der Waals surface area contributed by atoms with Crippen LogP contribution in [0.25, 0.3) is 0 Å². The van der Waals surface area contributed by atoms with E-state index < -0.39 is 11.8 Å². The number of carbonyl (C=O) groups excluding carboxylic acids is 4. The SMILES string of the molecule is CN(CC(=O)Nc1ccccc1Cl)C(=O)CN1C(=O)[C@H]2CCCC[C@@H]2C1=O. The Balaban J connectivity index is 1.56. The number of imide groups is 1. The summed E-state index contributed by atoms with van der Waals surface area (Å²) >= 11 is 6.00. The van der Waals surface area contributed by atoms with Crippen LogP contribution in [0.15, 0.2) is 24.3 Å². The van der Waals surface area contributed by atoms with Crippen molar-refractivity contribution >= 4 is 40.9 Å². The molecule has 0 unspecified atom stereocenters. The van der Waals surface area contributed by atoms with Gasteiger partial charge in [0.1, 0.15) is 6.54 Å². The molecule has 2 aliphatic rings. The third kappa shape index (κ3) is 4.13. The Hall–Kier alpha value is -2.41. The molecule has 2 fully saturated rings. The van der Waals surface area contributed by atoms with E-state index in [1.807, 2.05) is 0 Å². The number of likely N-dealkylation sites (N-methyl/N-ethyl adjacent to an activating group) is 1. The lowest BCUT2D eigenvalue weighted by atomic mass is 9.81. The maximum absolute atomic E-state index is 12.4. The van der Waals surface area contributed by atoms with Crippen LogP contribution < -0.4 is 5.32 Å². The van der Waals surface area contributed by atoms with Crippen molar-refractivity contribution in [2.45, 2.75) is 25.7 Å². The van der Waals surface area contributed by atoms with E-state index in [0.29, 0.717) is 23.6 Å². The molecule has 1 aliphatic carbocycles. The zero-order valence-electron chi connectivity index (χ0n) is 15.1. The van der Waals surface area contributed by atoms with Crippen molar-refractivity contribution in [2.75, 3.05) is 25.5 Å². The lowest BCUT2D eigenvalue weighted by Crippen LogP contribution is -2.44. The van der Waals surface area contributed by atoms with Crippen molar-refractivity contribution in [2.24, 2.45) is 11.8 Å². The lowest BCUT2D eigenvalue weighted by molar-refractivity contribution is -0.146. The summed E-state index contributed by atoms with van der Waals surface area (Å²) in [6.07, 6.45) is 3.28. The van der Waals surface area contributed by atoms with Gasteiger partial charge in [-0.05, 0) is 25.0 Å². The molecule has 1 aromatic rings. The van der Waals surface area contributed by atoms with Gasteiger partial charge in [-0.3, -0.25) is 24.1 Å². The number of amides is 4. The number of fused-ring (bicyclic) bond motifs is 1. The minimum absolute atomic E-state index is 0.201. The summed E-state index contributed by atoms with van der Waals surface area (Å²) in [6, 6.07) is 6.79. The summed E-state index contributed by atoms with van der Waals surface area (Å²) in [5.74, 6) is -1.95. The van der Waals surface area contributed by atoms with Crippen LogP contribution in [0.4, 0.5) is 5.69 Å². The normalized spacial score (nSPS) is 21.8. The van der Waals surface area contributed by atoms with Crippen molar-refractivity contribution in [1.29, 1.82) is 0 Å². The number of rotatable bonds is 5. The van der Waals surface area contributed by atoms with Gasteiger partial charge in [0.05, 0.1) is 29.1 Å². The number of carbonyl (C=O) groups is 4. The van der Waals surface area contributed by atoms with Crippen LogP contribution in [-0.4, -0.2) is 53.6 Å². The van der Waals surface area contributed by atoms with Crippen molar-refractivity contribution in [1.82, 2.24) is 9.80 Å². The van der Waals surface area contributed by atoms with Gasteiger partial charge < -0.3 is 10.2 Å². The molecule has 1 aliphatic heterocycles. The van der Waals surface area contributed by atoms with Crippen molar-refractivity contribution < 1.29 is 19.2 Å². The molecule has 1 saturated heterocycles. The van der Waals surface area contributed by atoms with E-state index >= 15 is 0 Å². The highest BCUT2D eigenvalue weighted by atomic mass is 35.5. The van der Waals surface area contributed by atoms with Crippen LogP contribution in [-0.2, 0) is 19.2 Å². The fourth-order valence-corrected chi connectivity index (χ4v) is 3.88. The van der Waals surface area contributed by atoms with Crippen LogP contribution in [0.5, 0.6) is 0 Å². The van der Waals surface area contributed by atoms with E-state index in [1.165, 1.54) is 11.9 Å². The Kier molecular flexibility index (Phi) is 5.79. The summed E-state index contributed by atoms with van der Waals surface area (Å²) in [6.45, 7) is -0.520. The molecule has 0 radical (unpaired) electrons. The standard InChI is InChI=1S/C19H22ClN3O4/c1-22(10-16(24)21-15-9-5-4-8-14(15)20)17(25)11-23-18(26)12-6-2-3-7-13(12)19(23)27/h4-5,8-9,12-13H,2-3,6-7,10-11H2,1H3,(H,21,24)/t12-,13-/m0/s1. The summed E-state index contributed by atoms with van der Waals surface area (Å²) in [7, 11) is 1.46. The van der Waals surface area contributed by atoms with E-state index in [9.17, 15) is 19.2 Å². The number of anilines is 1. The Morgan fingerprint density at radius 3 is 2.33 bits per heavy atom. The van der Waals surface area contributed by atoms with Crippen LogP contribution in [0.2, 0.25) is 5.02 Å². The molecule has 27 heavy (non-hydrogen) atoms. The number of nitrogens with one attached hydrogen (secondary N) is 1. The molecule has 1 saturated carbocycles. The molecule has 1 heterocycles. The minimum Gasteiger partial charge on any atom is -0.335 e. The van der Waals surface area contributed by atoms with Gasteiger partial charge in [-0.15, -0.1) is 0 Å². The average Bonchev–Trinajstić information content (AvgIpc) is 2.89. The lowest BCUT2D eigenvalue weighted by Gasteiger charge is -2.20. The quantitative estimate of drug-likeness (QED) is 0.777. The fourth-order valence-electron chi connectivity index (χ4n) is 3.70. The Morgan fingerprint density at radius 2 is 1.74 bits per heavy atom. The van der Waals surface area contributed by atoms with E-state index in [0.717, 1.165) is 17.7 Å². The number of likely N-dealkylation sites (tertiary alicyclic amines) is 1. The van der Waals surface area contributed by atoms with Gasteiger partial charge in [-0.1, -0.05) is 36.6 Å². The van der Waals surface area contributed by atoms with Gasteiger partial charge in [0.2, 0.25) is 23.6 Å². The molecule has 0 bridgehead atoms. The molecular weight excluding hydrogens is 370 g/mol. The number of hydrogen-bond acceptors (Lipinski definition) is 4. The number of benzene rings is 1. The highest BCUT2D eigenvalue weighted by molar-refractivity contribution is 6.33. The first kappa shape index (κ1) is 19.4. The molecule has 1 N–H and O–H groups in total. The van der Waals surface area contributed by atoms with Crippen LogP contribution in [0.1, 0.15) is 25.7 Å². The van der Waals surface area contributed by atoms with E-state index in [2.05, 4.69) is 5.32 Å². The molecule has 1 aromatic carbocycles. The van der Waals surface area contributed by atoms with E-state index in [-0.39, 0.29) is 36.7 Å². The summed E-state index contributed by atoms with van der Waals surface area (Å²) in [5, 5.41) is 3.03. The molecule has 3 rings (SSSR count). The molecule has 4 amide bonds. The number of nitrogens with zero attached hydrogens (tertiary/aromatic N) is 2. The molecule has 2 atom stereocenters. The van der Waals surface area contributed by atoms with Crippen LogP contribution in [0, 0.1) is 11.8 Å². The second-order valence-electron chi connectivity index (χ2n) is 7.04. The Labute approximate surface area is 162 Å². The molecular formula is C19H22ClN3O4. The van der Waals surface area contributed by atoms with Crippen molar-refractivity contribution in [3.8, 4) is 0 Å². The zero-order chi connectivity index (χ0) is 19.6. The summed E-state index contributed by atoms with van der Waals surface area (Å²) in [5.41, 5.74) is 0.457. The van der Waals surface area contributed by atoms with E-state index in [4.69, 9.17) is 11.6 Å². The monoisotopic (exact) mass is 391 g/mol. The van der Waals surface area contributed by atoms with Gasteiger partial charge in [-0.25, -0.2) is 0 Å². The first-order chi connectivity index (χ1) is 12.9. The maximum atomic E-state index is 12.4. The summed E-state index contributed by atoms with van der Waals surface area (Å²) < 4.78 is 0. The molecule has 7 nitrogen and oxygen atoms in total. The van der Waals surface area contributed by atoms with Crippen LogP contribution >= 0.6 is 11.6 Å². The third-order valence-electron chi connectivity index (χ3n) is 5.18.